The van der Waals surface area contributed by atoms with Gasteiger partial charge in [-0.05, 0) is 57.4 Å². The lowest BCUT2D eigenvalue weighted by Crippen LogP contribution is -2.27. The van der Waals surface area contributed by atoms with Crippen molar-refractivity contribution in [2.45, 2.75) is 46.1 Å². The number of aryl methyl sites for hydroxylation is 2. The third kappa shape index (κ3) is 3.65. The number of fused-ring (bicyclic) bond motifs is 3. The number of H-pyrrole nitrogens is 1. The summed E-state index contributed by atoms with van der Waals surface area (Å²) < 4.78 is 0. The highest BCUT2D eigenvalue weighted by atomic mass is 32.1. The van der Waals surface area contributed by atoms with E-state index in [4.69, 9.17) is 0 Å². The predicted molar refractivity (Wildman–Crippen MR) is 96.4 cm³/mol. The van der Waals surface area contributed by atoms with E-state index in [2.05, 4.69) is 34.0 Å². The molecule has 6 heteroatoms. The van der Waals surface area contributed by atoms with E-state index in [9.17, 15) is 4.79 Å². The molecule has 126 valence electrons. The van der Waals surface area contributed by atoms with Crippen LogP contribution in [0.1, 0.15) is 43.0 Å². The van der Waals surface area contributed by atoms with Gasteiger partial charge in [0, 0.05) is 4.88 Å². The fourth-order valence-corrected chi connectivity index (χ4v) is 4.59. The zero-order valence-electron chi connectivity index (χ0n) is 14.1. The Morgan fingerprint density at radius 3 is 2.91 bits per heavy atom. The molecule has 1 aliphatic rings. The van der Waals surface area contributed by atoms with E-state index in [1.807, 2.05) is 0 Å². The fourth-order valence-electron chi connectivity index (χ4n) is 3.30. The average molecular weight is 334 g/mol. The first kappa shape index (κ1) is 16.6. The normalized spacial score (nSPS) is 14.0. The first-order valence-corrected chi connectivity index (χ1v) is 9.51. The first-order valence-electron chi connectivity index (χ1n) is 8.69. The molecule has 23 heavy (non-hydrogen) atoms. The van der Waals surface area contributed by atoms with Crippen molar-refractivity contribution in [3.8, 4) is 0 Å². The minimum absolute atomic E-state index is 0.0364. The topological polar surface area (TPSA) is 61.0 Å². The van der Waals surface area contributed by atoms with Crippen LogP contribution in [0.2, 0.25) is 0 Å². The van der Waals surface area contributed by atoms with Gasteiger partial charge in [0.15, 0.2) is 0 Å². The Hall–Kier alpha value is -1.24. The van der Waals surface area contributed by atoms with Gasteiger partial charge in [-0.1, -0.05) is 13.8 Å². The molecular formula is C17H26N4OS. The van der Waals surface area contributed by atoms with Crippen molar-refractivity contribution in [1.82, 2.24) is 20.2 Å². The summed E-state index contributed by atoms with van der Waals surface area (Å²) in [6, 6.07) is 0. The van der Waals surface area contributed by atoms with Gasteiger partial charge in [-0.2, -0.15) is 0 Å². The second-order valence-corrected chi connectivity index (χ2v) is 7.19. The lowest BCUT2D eigenvalue weighted by Gasteiger charge is -2.17. The molecule has 0 bridgehead atoms. The van der Waals surface area contributed by atoms with E-state index in [1.54, 1.807) is 11.3 Å². The van der Waals surface area contributed by atoms with Crippen LogP contribution in [0, 0.1) is 0 Å². The van der Waals surface area contributed by atoms with Crippen LogP contribution in [0.5, 0.6) is 0 Å². The number of thiophene rings is 1. The summed E-state index contributed by atoms with van der Waals surface area (Å²) >= 11 is 1.70. The first-order chi connectivity index (χ1) is 11.2. The van der Waals surface area contributed by atoms with Crippen molar-refractivity contribution in [2.24, 2.45) is 0 Å². The second kappa shape index (κ2) is 7.55. The SMILES string of the molecule is CCN(CC)CCCNCc1nc2sc3c(c2c(=O)[nH]1)CCC3. The quantitative estimate of drug-likeness (QED) is 0.727. The maximum absolute atomic E-state index is 12.4. The van der Waals surface area contributed by atoms with Crippen LogP contribution in [-0.2, 0) is 19.4 Å². The van der Waals surface area contributed by atoms with Crippen LogP contribution in [0.3, 0.4) is 0 Å². The van der Waals surface area contributed by atoms with Crippen molar-refractivity contribution in [1.29, 1.82) is 0 Å². The molecule has 0 radical (unpaired) electrons. The van der Waals surface area contributed by atoms with E-state index < -0.39 is 0 Å². The Labute approximate surface area is 141 Å². The zero-order chi connectivity index (χ0) is 16.2. The summed E-state index contributed by atoms with van der Waals surface area (Å²) in [7, 11) is 0. The third-order valence-electron chi connectivity index (χ3n) is 4.64. The lowest BCUT2D eigenvalue weighted by atomic mass is 10.2. The number of nitrogens with one attached hydrogen (secondary N) is 2. The smallest absolute Gasteiger partial charge is 0.259 e. The highest BCUT2D eigenvalue weighted by molar-refractivity contribution is 7.18. The second-order valence-electron chi connectivity index (χ2n) is 6.11. The Kier molecular flexibility index (Phi) is 5.46. The van der Waals surface area contributed by atoms with Gasteiger partial charge < -0.3 is 15.2 Å². The van der Waals surface area contributed by atoms with Crippen LogP contribution in [-0.4, -0.2) is 41.0 Å². The molecule has 0 aliphatic heterocycles. The van der Waals surface area contributed by atoms with Gasteiger partial charge in [0.2, 0.25) is 0 Å². The van der Waals surface area contributed by atoms with Gasteiger partial charge in [0.05, 0.1) is 11.9 Å². The fraction of sp³-hybridized carbons (Fsp3) is 0.647. The van der Waals surface area contributed by atoms with Crippen LogP contribution in [0.15, 0.2) is 4.79 Å². The molecule has 2 aromatic heterocycles. The van der Waals surface area contributed by atoms with Crippen LogP contribution in [0.25, 0.3) is 10.2 Å². The monoisotopic (exact) mass is 334 g/mol. The highest BCUT2D eigenvalue weighted by Gasteiger charge is 2.20. The summed E-state index contributed by atoms with van der Waals surface area (Å²) in [5.74, 6) is 0.755. The average Bonchev–Trinajstić information content (AvgIpc) is 3.11. The van der Waals surface area contributed by atoms with Gasteiger partial charge in [-0.15, -0.1) is 11.3 Å². The molecule has 0 amide bonds. The molecule has 0 atom stereocenters. The van der Waals surface area contributed by atoms with Crippen molar-refractivity contribution in [3.05, 3.63) is 26.6 Å². The molecule has 3 rings (SSSR count). The van der Waals surface area contributed by atoms with Gasteiger partial charge >= 0.3 is 0 Å². The Balaban J connectivity index is 1.58. The van der Waals surface area contributed by atoms with Crippen molar-refractivity contribution < 1.29 is 0 Å². The van der Waals surface area contributed by atoms with Crippen molar-refractivity contribution in [3.63, 3.8) is 0 Å². The van der Waals surface area contributed by atoms with Crippen LogP contribution >= 0.6 is 11.3 Å². The molecule has 0 unspecified atom stereocenters. The van der Waals surface area contributed by atoms with Crippen molar-refractivity contribution in [2.75, 3.05) is 26.2 Å². The third-order valence-corrected chi connectivity index (χ3v) is 5.82. The molecule has 0 saturated carbocycles. The molecule has 2 N–H and O–H groups in total. The number of rotatable bonds is 8. The number of aromatic nitrogens is 2. The molecule has 2 aromatic rings. The number of aromatic amines is 1. The highest BCUT2D eigenvalue weighted by Crippen LogP contribution is 2.34. The molecular weight excluding hydrogens is 308 g/mol. The summed E-state index contributed by atoms with van der Waals surface area (Å²) in [6.45, 7) is 9.28. The van der Waals surface area contributed by atoms with Crippen molar-refractivity contribution >= 4 is 21.6 Å². The number of hydrogen-bond donors (Lipinski definition) is 2. The lowest BCUT2D eigenvalue weighted by molar-refractivity contribution is 0.298. The molecule has 0 aromatic carbocycles. The summed E-state index contributed by atoms with van der Waals surface area (Å²) in [4.78, 5) is 24.7. The minimum atomic E-state index is 0.0364. The molecule has 0 spiro atoms. The molecule has 1 aliphatic carbocycles. The van der Waals surface area contributed by atoms with Crippen LogP contribution < -0.4 is 10.9 Å². The van der Waals surface area contributed by atoms with Gasteiger partial charge in [0.1, 0.15) is 10.7 Å². The Morgan fingerprint density at radius 2 is 2.13 bits per heavy atom. The molecule has 0 saturated heterocycles. The number of hydrogen-bond acceptors (Lipinski definition) is 5. The predicted octanol–water partition coefficient (Wildman–Crippen LogP) is 2.29. The summed E-state index contributed by atoms with van der Waals surface area (Å²) in [5.41, 5.74) is 1.28. The van der Waals surface area contributed by atoms with Crippen LogP contribution in [0.4, 0.5) is 0 Å². The van der Waals surface area contributed by atoms with E-state index in [0.717, 1.165) is 61.5 Å². The van der Waals surface area contributed by atoms with Gasteiger partial charge in [-0.3, -0.25) is 4.79 Å². The van der Waals surface area contributed by atoms with E-state index >= 15 is 0 Å². The van der Waals surface area contributed by atoms with E-state index in [-0.39, 0.29) is 5.56 Å². The zero-order valence-corrected chi connectivity index (χ0v) is 14.9. The maximum Gasteiger partial charge on any atom is 0.259 e. The molecule has 2 heterocycles. The van der Waals surface area contributed by atoms with Gasteiger partial charge in [0.25, 0.3) is 5.56 Å². The standard InChI is InChI=1S/C17H26N4OS/c1-3-21(4-2)10-6-9-18-11-14-19-16(22)15-12-7-5-8-13(12)23-17(15)20-14/h18H,3-11H2,1-2H3,(H,19,20,22). The minimum Gasteiger partial charge on any atom is -0.310 e. The summed E-state index contributed by atoms with van der Waals surface area (Å²) in [5, 5.41) is 4.23. The molecule has 0 fully saturated rings. The maximum atomic E-state index is 12.4. The number of nitrogens with zero attached hydrogens (tertiary/aromatic N) is 2. The summed E-state index contributed by atoms with van der Waals surface area (Å²) in [6.07, 6.45) is 4.42. The van der Waals surface area contributed by atoms with E-state index in [1.165, 1.54) is 16.9 Å². The van der Waals surface area contributed by atoms with E-state index in [0.29, 0.717) is 6.54 Å². The largest absolute Gasteiger partial charge is 0.310 e. The molecule has 5 nitrogen and oxygen atoms in total. The Bertz CT molecular complexity index is 717. The van der Waals surface area contributed by atoms with Gasteiger partial charge in [-0.25, -0.2) is 4.98 Å². The Morgan fingerprint density at radius 1 is 1.30 bits per heavy atom.